The van der Waals surface area contributed by atoms with Gasteiger partial charge in [0, 0.05) is 6.54 Å². The number of hydrogen-bond acceptors (Lipinski definition) is 2. The Morgan fingerprint density at radius 1 is 1.35 bits per heavy atom. The number of aliphatic carboxylic acids is 1. The van der Waals surface area contributed by atoms with Crippen LogP contribution in [0.1, 0.15) is 32.6 Å². The highest BCUT2D eigenvalue weighted by Gasteiger charge is 2.39. The Kier molecular flexibility index (Phi) is 3.54. The van der Waals surface area contributed by atoms with Crippen LogP contribution in [0.3, 0.4) is 0 Å². The molecule has 5 heteroatoms. The first-order chi connectivity index (χ1) is 8.06. The lowest BCUT2D eigenvalue weighted by atomic mass is 9.89. The number of carboxylic acids is 1. The van der Waals surface area contributed by atoms with Crippen molar-refractivity contribution in [3.63, 3.8) is 0 Å². The van der Waals surface area contributed by atoms with Crippen molar-refractivity contribution in [1.82, 2.24) is 10.6 Å². The number of rotatable bonds is 4. The van der Waals surface area contributed by atoms with Crippen molar-refractivity contribution >= 4 is 12.0 Å². The maximum absolute atomic E-state index is 11.4. The quantitative estimate of drug-likeness (QED) is 0.690. The number of carbonyl (C=O) groups is 2. The summed E-state index contributed by atoms with van der Waals surface area (Å²) in [5, 5.41) is 13.8. The molecule has 0 aromatic carbocycles. The minimum Gasteiger partial charge on any atom is -0.480 e. The number of carboxylic acid groups (broad SMARTS) is 1. The molecule has 2 bridgehead atoms. The van der Waals surface area contributed by atoms with E-state index < -0.39 is 12.0 Å². The van der Waals surface area contributed by atoms with E-state index in [0.717, 1.165) is 11.8 Å². The third-order valence-electron chi connectivity index (χ3n) is 4.13. The van der Waals surface area contributed by atoms with Crippen molar-refractivity contribution in [1.29, 1.82) is 0 Å². The fraction of sp³-hybridized carbons (Fsp3) is 0.833. The molecule has 96 valence electrons. The molecule has 0 saturated heterocycles. The molecule has 0 heterocycles. The Morgan fingerprint density at radius 2 is 2.12 bits per heavy atom. The second-order valence-electron chi connectivity index (χ2n) is 5.35. The van der Waals surface area contributed by atoms with Crippen LogP contribution < -0.4 is 10.6 Å². The van der Waals surface area contributed by atoms with Crippen LogP contribution >= 0.6 is 0 Å². The third-order valence-corrected chi connectivity index (χ3v) is 4.13. The van der Waals surface area contributed by atoms with E-state index >= 15 is 0 Å². The molecule has 2 fully saturated rings. The zero-order valence-corrected chi connectivity index (χ0v) is 10.1. The van der Waals surface area contributed by atoms with Gasteiger partial charge in [0.2, 0.25) is 0 Å². The van der Waals surface area contributed by atoms with E-state index in [4.69, 9.17) is 5.11 Å². The molecule has 0 aliphatic heterocycles. The highest BCUT2D eigenvalue weighted by molar-refractivity contribution is 5.82. The minimum atomic E-state index is -1.01. The van der Waals surface area contributed by atoms with Crippen LogP contribution in [0, 0.1) is 17.8 Å². The molecular formula is C12H20N2O3. The van der Waals surface area contributed by atoms with Gasteiger partial charge in [-0.1, -0.05) is 6.42 Å². The Bertz CT molecular complexity index is 319. The SMILES string of the molecule is C[C@H](NC(=O)NCC1CC2CCC1C2)C(=O)O. The van der Waals surface area contributed by atoms with Crippen LogP contribution in [0.5, 0.6) is 0 Å². The molecule has 0 aromatic rings. The topological polar surface area (TPSA) is 78.4 Å². The van der Waals surface area contributed by atoms with Crippen LogP contribution in [0.4, 0.5) is 4.79 Å². The summed E-state index contributed by atoms with van der Waals surface area (Å²) in [6.45, 7) is 2.14. The molecule has 3 unspecified atom stereocenters. The Hall–Kier alpha value is -1.26. The van der Waals surface area contributed by atoms with E-state index in [1.807, 2.05) is 0 Å². The van der Waals surface area contributed by atoms with Gasteiger partial charge in [-0.25, -0.2) is 4.79 Å². The normalized spacial score (nSPS) is 32.2. The lowest BCUT2D eigenvalue weighted by Gasteiger charge is -2.22. The lowest BCUT2D eigenvalue weighted by molar-refractivity contribution is -0.138. The Morgan fingerprint density at radius 3 is 2.65 bits per heavy atom. The van der Waals surface area contributed by atoms with Crippen molar-refractivity contribution < 1.29 is 14.7 Å². The van der Waals surface area contributed by atoms with Crippen molar-refractivity contribution in [2.45, 2.75) is 38.6 Å². The average molecular weight is 240 g/mol. The summed E-state index contributed by atoms with van der Waals surface area (Å²) in [6.07, 6.45) is 5.19. The standard InChI is InChI=1S/C12H20N2O3/c1-7(11(15)16)14-12(17)13-6-10-5-8-2-3-9(10)4-8/h7-10H,2-6H2,1H3,(H,15,16)(H2,13,14,17)/t7-,8?,9?,10?/m0/s1. The molecule has 17 heavy (non-hydrogen) atoms. The van der Waals surface area contributed by atoms with E-state index in [-0.39, 0.29) is 6.03 Å². The highest BCUT2D eigenvalue weighted by Crippen LogP contribution is 2.47. The largest absolute Gasteiger partial charge is 0.480 e. The highest BCUT2D eigenvalue weighted by atomic mass is 16.4. The first-order valence-electron chi connectivity index (χ1n) is 6.33. The van der Waals surface area contributed by atoms with Gasteiger partial charge in [0.1, 0.15) is 6.04 Å². The van der Waals surface area contributed by atoms with Crippen molar-refractivity contribution in [3.05, 3.63) is 0 Å². The number of fused-ring (bicyclic) bond motifs is 2. The van der Waals surface area contributed by atoms with Crippen LogP contribution in [0.25, 0.3) is 0 Å². The molecule has 2 aliphatic carbocycles. The number of amides is 2. The third kappa shape index (κ3) is 2.90. The second kappa shape index (κ2) is 4.94. The van der Waals surface area contributed by atoms with E-state index in [0.29, 0.717) is 12.5 Å². The van der Waals surface area contributed by atoms with E-state index in [2.05, 4.69) is 10.6 Å². The maximum atomic E-state index is 11.4. The van der Waals surface area contributed by atoms with Crippen molar-refractivity contribution in [2.24, 2.45) is 17.8 Å². The maximum Gasteiger partial charge on any atom is 0.325 e. The molecule has 2 aliphatic rings. The molecule has 2 amide bonds. The lowest BCUT2D eigenvalue weighted by Crippen LogP contribution is -2.45. The number of hydrogen-bond donors (Lipinski definition) is 3. The van der Waals surface area contributed by atoms with Crippen LogP contribution in [0.15, 0.2) is 0 Å². The van der Waals surface area contributed by atoms with Gasteiger partial charge in [-0.15, -0.1) is 0 Å². The summed E-state index contributed by atoms with van der Waals surface area (Å²) in [7, 11) is 0. The summed E-state index contributed by atoms with van der Waals surface area (Å²) < 4.78 is 0. The molecule has 3 N–H and O–H groups in total. The van der Waals surface area contributed by atoms with Gasteiger partial charge >= 0.3 is 12.0 Å². The summed E-state index contributed by atoms with van der Waals surface area (Å²) in [5.74, 6) is 1.23. The van der Waals surface area contributed by atoms with E-state index in [1.54, 1.807) is 0 Å². The zero-order chi connectivity index (χ0) is 12.4. The molecule has 5 nitrogen and oxygen atoms in total. The van der Waals surface area contributed by atoms with Gasteiger partial charge in [0.25, 0.3) is 0 Å². The van der Waals surface area contributed by atoms with Gasteiger partial charge in [0.15, 0.2) is 0 Å². The van der Waals surface area contributed by atoms with Crippen LogP contribution in [0.2, 0.25) is 0 Å². The molecule has 0 aromatic heterocycles. The molecule has 0 spiro atoms. The minimum absolute atomic E-state index is 0.373. The number of nitrogens with one attached hydrogen (secondary N) is 2. The fourth-order valence-corrected chi connectivity index (χ4v) is 3.16. The van der Waals surface area contributed by atoms with Crippen LogP contribution in [-0.2, 0) is 4.79 Å². The van der Waals surface area contributed by atoms with Gasteiger partial charge in [-0.05, 0) is 43.9 Å². The van der Waals surface area contributed by atoms with Crippen LogP contribution in [-0.4, -0.2) is 29.7 Å². The van der Waals surface area contributed by atoms with E-state index in [1.165, 1.54) is 32.6 Å². The Balaban J connectivity index is 1.68. The first kappa shape index (κ1) is 12.2. The smallest absolute Gasteiger partial charge is 0.325 e. The van der Waals surface area contributed by atoms with Gasteiger partial charge in [0.05, 0.1) is 0 Å². The first-order valence-corrected chi connectivity index (χ1v) is 6.33. The predicted octanol–water partition coefficient (Wildman–Crippen LogP) is 1.19. The molecular weight excluding hydrogens is 220 g/mol. The summed E-state index contributed by atoms with van der Waals surface area (Å²) in [4.78, 5) is 22.0. The van der Waals surface area contributed by atoms with E-state index in [9.17, 15) is 9.59 Å². The summed E-state index contributed by atoms with van der Waals surface area (Å²) in [6, 6.07) is -1.21. The van der Waals surface area contributed by atoms with Gasteiger partial charge in [-0.2, -0.15) is 0 Å². The number of urea groups is 1. The molecule has 0 radical (unpaired) electrons. The molecule has 2 saturated carbocycles. The van der Waals surface area contributed by atoms with Gasteiger partial charge < -0.3 is 15.7 Å². The second-order valence-corrected chi connectivity index (χ2v) is 5.35. The summed E-state index contributed by atoms with van der Waals surface area (Å²) in [5.41, 5.74) is 0. The van der Waals surface area contributed by atoms with Crippen molar-refractivity contribution in [2.75, 3.05) is 6.54 Å². The molecule has 4 atom stereocenters. The predicted molar refractivity (Wildman–Crippen MR) is 62.6 cm³/mol. The summed E-state index contributed by atoms with van der Waals surface area (Å²) >= 11 is 0. The van der Waals surface area contributed by atoms with Gasteiger partial charge in [-0.3, -0.25) is 4.79 Å². The van der Waals surface area contributed by atoms with Crippen molar-refractivity contribution in [3.8, 4) is 0 Å². The zero-order valence-electron chi connectivity index (χ0n) is 10.1. The Labute approximate surface area is 101 Å². The number of carbonyl (C=O) groups excluding carboxylic acids is 1. The average Bonchev–Trinajstić information content (AvgIpc) is 2.87. The fourth-order valence-electron chi connectivity index (χ4n) is 3.16. The molecule has 2 rings (SSSR count). The monoisotopic (exact) mass is 240 g/mol.